The van der Waals surface area contributed by atoms with Gasteiger partial charge in [0.05, 0.1) is 5.56 Å². The first-order chi connectivity index (χ1) is 18.3. The minimum absolute atomic E-state index is 0.0345. The zero-order valence-corrected chi connectivity index (χ0v) is 22.3. The maximum absolute atomic E-state index is 13.0. The number of aromatic amines is 1. The van der Waals surface area contributed by atoms with Crippen LogP contribution in [0.2, 0.25) is 0 Å². The van der Waals surface area contributed by atoms with E-state index in [2.05, 4.69) is 36.2 Å². The van der Waals surface area contributed by atoms with Gasteiger partial charge in [-0.25, -0.2) is 4.98 Å². The van der Waals surface area contributed by atoms with E-state index >= 15 is 0 Å². The number of ether oxygens (including phenoxy) is 1. The van der Waals surface area contributed by atoms with Crippen LogP contribution in [0.25, 0.3) is 17.6 Å². The molecule has 2 aromatic heterocycles. The van der Waals surface area contributed by atoms with Gasteiger partial charge in [-0.1, -0.05) is 41.9 Å². The van der Waals surface area contributed by atoms with Crippen LogP contribution >= 0.6 is 15.9 Å². The highest BCUT2D eigenvalue weighted by Crippen LogP contribution is 2.36. The van der Waals surface area contributed by atoms with E-state index in [1.807, 2.05) is 13.8 Å². The molecule has 0 aliphatic rings. The number of aliphatic hydroxyl groups excluding tert-OH is 1. The number of imidazole rings is 1. The summed E-state index contributed by atoms with van der Waals surface area (Å²) in [6.45, 7) is 4.00. The Hall–Kier alpha value is -3.96. The second-order valence-corrected chi connectivity index (χ2v) is 7.86. The van der Waals surface area contributed by atoms with Gasteiger partial charge < -0.3 is 20.1 Å². The highest BCUT2D eigenvalue weighted by molar-refractivity contribution is 9.10. The molecule has 0 bridgehead atoms. The van der Waals surface area contributed by atoms with Crippen molar-refractivity contribution >= 4 is 33.6 Å². The topological polar surface area (TPSA) is 100 Å². The third-order valence-electron chi connectivity index (χ3n) is 4.53. The predicted octanol–water partition coefficient (Wildman–Crippen LogP) is 7.33. The molecular formula is C27H26BrF3N4O3. The van der Waals surface area contributed by atoms with Crippen LogP contribution in [-0.2, 0) is 11.0 Å². The number of hydrogen-bond acceptors (Lipinski definition) is 5. The van der Waals surface area contributed by atoms with Gasteiger partial charge in [0.1, 0.15) is 17.2 Å². The smallest absolute Gasteiger partial charge is 0.417 e. The molecule has 0 aliphatic heterocycles. The van der Waals surface area contributed by atoms with E-state index in [-0.39, 0.29) is 10.2 Å². The number of H-pyrrole nitrogens is 1. The minimum Gasteiger partial charge on any atom is -0.457 e. The van der Waals surface area contributed by atoms with Crippen LogP contribution in [0, 0.1) is 0 Å². The third kappa shape index (κ3) is 8.86. The highest BCUT2D eigenvalue weighted by Gasteiger charge is 2.33. The predicted molar refractivity (Wildman–Crippen MR) is 145 cm³/mol. The number of pyridine rings is 1. The number of halogens is 4. The summed E-state index contributed by atoms with van der Waals surface area (Å²) in [7, 11) is 1.00. The molecule has 0 spiro atoms. The van der Waals surface area contributed by atoms with Crippen molar-refractivity contribution in [1.82, 2.24) is 15.0 Å². The lowest BCUT2D eigenvalue weighted by molar-refractivity contribution is -0.138. The maximum atomic E-state index is 13.0. The Balaban J connectivity index is 0.00000121. The van der Waals surface area contributed by atoms with Gasteiger partial charge in [0.25, 0.3) is 0 Å². The molecule has 7 nitrogen and oxygen atoms in total. The number of carbonyl (C=O) groups is 1. The second kappa shape index (κ2) is 14.7. The molecule has 2 heterocycles. The summed E-state index contributed by atoms with van der Waals surface area (Å²) in [6, 6.07) is 13.9. The van der Waals surface area contributed by atoms with Gasteiger partial charge in [-0.2, -0.15) is 13.2 Å². The molecule has 0 atom stereocenters. The fourth-order valence-electron chi connectivity index (χ4n) is 3.00. The van der Waals surface area contributed by atoms with E-state index in [0.29, 0.717) is 28.6 Å². The van der Waals surface area contributed by atoms with Crippen LogP contribution in [0.3, 0.4) is 0 Å². The Morgan fingerprint density at radius 2 is 1.76 bits per heavy atom. The summed E-state index contributed by atoms with van der Waals surface area (Å²) in [5.41, 5.74) is 0.453. The summed E-state index contributed by atoms with van der Waals surface area (Å²) >= 11 is 2.87. The van der Waals surface area contributed by atoms with Gasteiger partial charge in [-0.15, -0.1) is 0 Å². The van der Waals surface area contributed by atoms with E-state index in [9.17, 15) is 18.0 Å². The van der Waals surface area contributed by atoms with Gasteiger partial charge in [0, 0.05) is 48.0 Å². The molecule has 0 aliphatic carbocycles. The SMILES string of the molecule is CC.CO.O=C(/C=C/c1cccc(Oc2ccnc(-c3ncc[nH]3)c2)c1)Nc1ccc(Br)c(C(F)(F)F)c1. The first-order valence-corrected chi connectivity index (χ1v) is 12.1. The van der Waals surface area contributed by atoms with Crippen LogP contribution in [0.5, 0.6) is 11.5 Å². The summed E-state index contributed by atoms with van der Waals surface area (Å²) < 4.78 is 44.9. The first kappa shape index (κ1) is 30.3. The molecule has 0 saturated carbocycles. The van der Waals surface area contributed by atoms with E-state index in [1.54, 1.807) is 55.0 Å². The number of aliphatic hydroxyl groups is 1. The molecule has 0 saturated heterocycles. The Labute approximate surface area is 226 Å². The second-order valence-electron chi connectivity index (χ2n) is 7.00. The molecule has 3 N–H and O–H groups in total. The molecular weight excluding hydrogens is 565 g/mol. The Bertz CT molecular complexity index is 1340. The largest absolute Gasteiger partial charge is 0.457 e. The molecule has 0 unspecified atom stereocenters. The monoisotopic (exact) mass is 590 g/mol. The summed E-state index contributed by atoms with van der Waals surface area (Å²) in [5, 5.41) is 9.43. The van der Waals surface area contributed by atoms with Crippen LogP contribution in [-0.4, -0.2) is 33.1 Å². The van der Waals surface area contributed by atoms with E-state index in [0.717, 1.165) is 13.2 Å². The number of nitrogens with zero attached hydrogens (tertiary/aromatic N) is 2. The summed E-state index contributed by atoms with van der Waals surface area (Å²) in [5.74, 6) is 1.12. The number of benzene rings is 2. The summed E-state index contributed by atoms with van der Waals surface area (Å²) in [6.07, 6.45) is 3.16. The van der Waals surface area contributed by atoms with E-state index in [1.165, 1.54) is 24.3 Å². The number of anilines is 1. The van der Waals surface area contributed by atoms with Crippen LogP contribution in [0.1, 0.15) is 25.0 Å². The van der Waals surface area contributed by atoms with Crippen molar-refractivity contribution in [2.75, 3.05) is 12.4 Å². The van der Waals surface area contributed by atoms with Crippen molar-refractivity contribution in [2.24, 2.45) is 0 Å². The average molecular weight is 591 g/mol. The van der Waals surface area contributed by atoms with Crippen LogP contribution < -0.4 is 10.1 Å². The molecule has 4 rings (SSSR count). The van der Waals surface area contributed by atoms with Crippen molar-refractivity contribution in [1.29, 1.82) is 0 Å². The fraction of sp³-hybridized carbons (Fsp3) is 0.148. The molecule has 200 valence electrons. The van der Waals surface area contributed by atoms with Crippen LogP contribution in [0.15, 0.2) is 83.7 Å². The standard InChI is InChI=1S/C24H16BrF3N4O2.C2H6.CH4O/c25-20-6-5-16(13-19(20)24(26,27)28)32-22(33)7-4-15-2-1-3-17(12-15)34-18-8-9-29-21(14-18)23-30-10-11-31-23;2*1-2/h1-14H,(H,30,31)(H,32,33);1-2H3;2H,1H3/b7-4+;;. The van der Waals surface area contributed by atoms with E-state index < -0.39 is 17.6 Å². The molecule has 1 amide bonds. The fourth-order valence-corrected chi connectivity index (χ4v) is 3.47. The zero-order valence-electron chi connectivity index (χ0n) is 20.8. The zero-order chi connectivity index (χ0) is 28.1. The van der Waals surface area contributed by atoms with Gasteiger partial charge in [0.15, 0.2) is 5.82 Å². The van der Waals surface area contributed by atoms with Crippen molar-refractivity contribution < 1.29 is 27.8 Å². The molecule has 2 aromatic carbocycles. The number of alkyl halides is 3. The Morgan fingerprint density at radius 1 is 1.03 bits per heavy atom. The van der Waals surface area contributed by atoms with E-state index in [4.69, 9.17) is 9.84 Å². The third-order valence-corrected chi connectivity index (χ3v) is 5.22. The van der Waals surface area contributed by atoms with Gasteiger partial charge in [-0.05, 0) is 48.0 Å². The Morgan fingerprint density at radius 3 is 2.45 bits per heavy atom. The van der Waals surface area contributed by atoms with Crippen molar-refractivity contribution in [3.63, 3.8) is 0 Å². The minimum atomic E-state index is -4.54. The molecule has 4 aromatic rings. The molecule has 11 heteroatoms. The van der Waals surface area contributed by atoms with Crippen molar-refractivity contribution in [3.05, 3.63) is 94.9 Å². The molecule has 0 radical (unpaired) electrons. The average Bonchev–Trinajstić information content (AvgIpc) is 3.46. The number of rotatable bonds is 6. The molecule has 38 heavy (non-hydrogen) atoms. The number of nitrogens with one attached hydrogen (secondary N) is 2. The normalized spacial score (nSPS) is 10.6. The lowest BCUT2D eigenvalue weighted by atomic mass is 10.2. The van der Waals surface area contributed by atoms with Gasteiger partial charge in [0.2, 0.25) is 5.91 Å². The lowest BCUT2D eigenvalue weighted by Gasteiger charge is -2.11. The van der Waals surface area contributed by atoms with Crippen molar-refractivity contribution in [2.45, 2.75) is 20.0 Å². The van der Waals surface area contributed by atoms with Gasteiger partial charge >= 0.3 is 6.18 Å². The Kier molecular flexibility index (Phi) is 11.7. The maximum Gasteiger partial charge on any atom is 0.417 e. The van der Waals surface area contributed by atoms with Gasteiger partial charge in [-0.3, -0.25) is 9.78 Å². The number of hydrogen-bond donors (Lipinski definition) is 3. The number of carbonyl (C=O) groups excluding carboxylic acids is 1. The number of amides is 1. The molecule has 0 fully saturated rings. The quantitative estimate of drug-likeness (QED) is 0.204. The first-order valence-electron chi connectivity index (χ1n) is 11.3. The van der Waals surface area contributed by atoms with Crippen LogP contribution in [0.4, 0.5) is 18.9 Å². The number of aromatic nitrogens is 3. The highest BCUT2D eigenvalue weighted by atomic mass is 79.9. The summed E-state index contributed by atoms with van der Waals surface area (Å²) in [4.78, 5) is 23.6. The van der Waals surface area contributed by atoms with Crippen molar-refractivity contribution in [3.8, 4) is 23.0 Å². The lowest BCUT2D eigenvalue weighted by Crippen LogP contribution is -2.11.